The van der Waals surface area contributed by atoms with E-state index in [1.165, 1.54) is 0 Å². The van der Waals surface area contributed by atoms with Crippen LogP contribution in [0, 0.1) is 6.92 Å². The summed E-state index contributed by atoms with van der Waals surface area (Å²) in [5, 5.41) is 2.84. The Morgan fingerprint density at radius 1 is 1.59 bits per heavy atom. The van der Waals surface area contributed by atoms with Crippen LogP contribution in [0.25, 0.3) is 0 Å². The molecule has 0 atom stereocenters. The minimum absolute atomic E-state index is 0.126. The van der Waals surface area contributed by atoms with E-state index in [0.29, 0.717) is 12.2 Å². The van der Waals surface area contributed by atoms with Crippen molar-refractivity contribution in [2.24, 2.45) is 0 Å². The number of rotatable bonds is 3. The molecule has 0 unspecified atom stereocenters. The molecule has 0 fully saturated rings. The van der Waals surface area contributed by atoms with Gasteiger partial charge in [-0.3, -0.25) is 9.78 Å². The first-order valence-electron chi connectivity index (χ1n) is 5.18. The maximum Gasteiger partial charge on any atom is 0.268 e. The standard InChI is InChI=1S/C12H12BrN3O/c1-8-2-3-14-5-9(8)6-16-12(17)11-4-10(13)7-15-11/h2-5,7,15H,6H2,1H3,(H,16,17). The summed E-state index contributed by atoms with van der Waals surface area (Å²) in [5.74, 6) is -0.126. The van der Waals surface area contributed by atoms with Gasteiger partial charge in [0.1, 0.15) is 5.69 Å². The maximum atomic E-state index is 11.8. The Balaban J connectivity index is 1.99. The van der Waals surface area contributed by atoms with Gasteiger partial charge in [-0.1, -0.05) is 0 Å². The molecule has 5 heteroatoms. The monoisotopic (exact) mass is 293 g/mol. The summed E-state index contributed by atoms with van der Waals surface area (Å²) in [6.07, 6.45) is 5.23. The van der Waals surface area contributed by atoms with E-state index < -0.39 is 0 Å². The van der Waals surface area contributed by atoms with Crippen molar-refractivity contribution in [3.63, 3.8) is 0 Å². The lowest BCUT2D eigenvalue weighted by molar-refractivity contribution is 0.0946. The topological polar surface area (TPSA) is 57.8 Å². The highest BCUT2D eigenvalue weighted by Gasteiger charge is 2.07. The van der Waals surface area contributed by atoms with E-state index in [1.807, 2.05) is 13.0 Å². The van der Waals surface area contributed by atoms with Crippen LogP contribution in [0.4, 0.5) is 0 Å². The Hall–Kier alpha value is -1.62. The van der Waals surface area contributed by atoms with Gasteiger partial charge in [0.2, 0.25) is 0 Å². The van der Waals surface area contributed by atoms with Crippen LogP contribution in [-0.4, -0.2) is 15.9 Å². The van der Waals surface area contributed by atoms with E-state index in [9.17, 15) is 4.79 Å². The lowest BCUT2D eigenvalue weighted by atomic mass is 10.1. The number of pyridine rings is 1. The minimum Gasteiger partial charge on any atom is -0.356 e. The highest BCUT2D eigenvalue weighted by Crippen LogP contribution is 2.11. The number of nitrogens with zero attached hydrogens (tertiary/aromatic N) is 1. The van der Waals surface area contributed by atoms with Gasteiger partial charge in [-0.2, -0.15) is 0 Å². The number of hydrogen-bond acceptors (Lipinski definition) is 2. The minimum atomic E-state index is -0.126. The average Bonchev–Trinajstić information content (AvgIpc) is 2.74. The molecule has 0 spiro atoms. The van der Waals surface area contributed by atoms with E-state index in [-0.39, 0.29) is 5.91 Å². The Kier molecular flexibility index (Phi) is 3.58. The molecule has 2 rings (SSSR count). The Bertz CT molecular complexity index is 536. The molecule has 88 valence electrons. The molecule has 0 saturated heterocycles. The fourth-order valence-corrected chi connectivity index (χ4v) is 1.79. The highest BCUT2D eigenvalue weighted by molar-refractivity contribution is 9.10. The number of aromatic amines is 1. The van der Waals surface area contributed by atoms with Crippen molar-refractivity contribution < 1.29 is 4.79 Å². The molecule has 0 aromatic carbocycles. The number of carbonyl (C=O) groups excluding carboxylic acids is 1. The normalized spacial score (nSPS) is 10.2. The molecule has 2 N–H and O–H groups in total. The fourth-order valence-electron chi connectivity index (χ4n) is 1.45. The summed E-state index contributed by atoms with van der Waals surface area (Å²) in [6.45, 7) is 2.48. The summed E-state index contributed by atoms with van der Waals surface area (Å²) in [6, 6.07) is 3.66. The van der Waals surface area contributed by atoms with Crippen molar-refractivity contribution in [3.05, 3.63) is 52.0 Å². The van der Waals surface area contributed by atoms with Crippen molar-refractivity contribution in [1.29, 1.82) is 0 Å². The molecule has 0 saturated carbocycles. The van der Waals surface area contributed by atoms with Crippen molar-refractivity contribution in [1.82, 2.24) is 15.3 Å². The second kappa shape index (κ2) is 5.14. The third-order valence-electron chi connectivity index (χ3n) is 2.48. The highest BCUT2D eigenvalue weighted by atomic mass is 79.9. The number of aromatic nitrogens is 2. The number of hydrogen-bond donors (Lipinski definition) is 2. The lowest BCUT2D eigenvalue weighted by Crippen LogP contribution is -2.23. The predicted octanol–water partition coefficient (Wildman–Crippen LogP) is 2.41. The van der Waals surface area contributed by atoms with Crippen LogP contribution in [0.1, 0.15) is 21.6 Å². The molecule has 0 radical (unpaired) electrons. The van der Waals surface area contributed by atoms with Crippen LogP contribution in [0.2, 0.25) is 0 Å². The molecule has 2 aromatic heterocycles. The largest absolute Gasteiger partial charge is 0.356 e. The molecule has 17 heavy (non-hydrogen) atoms. The summed E-state index contributed by atoms with van der Waals surface area (Å²) in [4.78, 5) is 18.7. The van der Waals surface area contributed by atoms with E-state index in [1.54, 1.807) is 24.7 Å². The Morgan fingerprint density at radius 3 is 3.06 bits per heavy atom. The zero-order valence-electron chi connectivity index (χ0n) is 9.33. The predicted molar refractivity (Wildman–Crippen MR) is 68.6 cm³/mol. The number of carbonyl (C=O) groups is 1. The smallest absolute Gasteiger partial charge is 0.268 e. The van der Waals surface area contributed by atoms with E-state index >= 15 is 0 Å². The molecule has 0 aliphatic rings. The van der Waals surface area contributed by atoms with Crippen molar-refractivity contribution in [2.45, 2.75) is 13.5 Å². The van der Waals surface area contributed by atoms with Crippen LogP contribution in [-0.2, 0) is 6.54 Å². The van der Waals surface area contributed by atoms with Crippen LogP contribution >= 0.6 is 15.9 Å². The average molecular weight is 294 g/mol. The zero-order valence-corrected chi connectivity index (χ0v) is 10.9. The molecule has 2 aromatic rings. The van der Waals surface area contributed by atoms with Gasteiger partial charge in [0, 0.05) is 29.6 Å². The van der Waals surface area contributed by atoms with Crippen molar-refractivity contribution in [3.8, 4) is 0 Å². The van der Waals surface area contributed by atoms with Gasteiger partial charge in [0.15, 0.2) is 0 Å². The fraction of sp³-hybridized carbons (Fsp3) is 0.167. The molecule has 4 nitrogen and oxygen atoms in total. The lowest BCUT2D eigenvalue weighted by Gasteiger charge is -2.06. The van der Waals surface area contributed by atoms with Crippen molar-refractivity contribution in [2.75, 3.05) is 0 Å². The zero-order chi connectivity index (χ0) is 12.3. The van der Waals surface area contributed by atoms with Gasteiger partial charge in [-0.25, -0.2) is 0 Å². The first-order chi connectivity index (χ1) is 8.16. The first kappa shape index (κ1) is 11.9. The molecule has 0 aliphatic carbocycles. The Morgan fingerprint density at radius 2 is 2.41 bits per heavy atom. The van der Waals surface area contributed by atoms with Gasteiger partial charge < -0.3 is 10.3 Å². The quantitative estimate of drug-likeness (QED) is 0.913. The number of H-pyrrole nitrogens is 1. The maximum absolute atomic E-state index is 11.8. The third kappa shape index (κ3) is 2.94. The van der Waals surface area contributed by atoms with Crippen LogP contribution in [0.5, 0.6) is 0 Å². The third-order valence-corrected chi connectivity index (χ3v) is 2.94. The summed E-state index contributed by atoms with van der Waals surface area (Å²) in [7, 11) is 0. The SMILES string of the molecule is Cc1ccncc1CNC(=O)c1cc(Br)c[nH]1. The van der Waals surface area contributed by atoms with Gasteiger partial charge >= 0.3 is 0 Å². The number of amides is 1. The van der Waals surface area contributed by atoms with Crippen LogP contribution in [0.15, 0.2) is 35.2 Å². The van der Waals surface area contributed by atoms with Gasteiger partial charge in [0.25, 0.3) is 5.91 Å². The summed E-state index contributed by atoms with van der Waals surface area (Å²) < 4.78 is 0.861. The second-order valence-corrected chi connectivity index (χ2v) is 4.63. The first-order valence-corrected chi connectivity index (χ1v) is 5.97. The summed E-state index contributed by atoms with van der Waals surface area (Å²) >= 11 is 3.29. The number of nitrogens with one attached hydrogen (secondary N) is 2. The molecule has 0 bridgehead atoms. The molecule has 2 heterocycles. The van der Waals surface area contributed by atoms with E-state index in [0.717, 1.165) is 15.6 Å². The summed E-state index contributed by atoms with van der Waals surface area (Å²) in [5.41, 5.74) is 2.68. The molecular weight excluding hydrogens is 282 g/mol. The van der Waals surface area contributed by atoms with Crippen molar-refractivity contribution >= 4 is 21.8 Å². The number of aryl methyl sites for hydroxylation is 1. The molecular formula is C12H12BrN3O. The van der Waals surface area contributed by atoms with E-state index in [4.69, 9.17) is 0 Å². The van der Waals surface area contributed by atoms with Gasteiger partial charge in [-0.15, -0.1) is 0 Å². The van der Waals surface area contributed by atoms with Gasteiger partial charge in [0.05, 0.1) is 0 Å². The van der Waals surface area contributed by atoms with Gasteiger partial charge in [-0.05, 0) is 46.1 Å². The molecule has 0 aliphatic heterocycles. The molecule has 1 amide bonds. The van der Waals surface area contributed by atoms with Crippen LogP contribution in [0.3, 0.4) is 0 Å². The Labute approximate surface area is 108 Å². The number of halogens is 1. The van der Waals surface area contributed by atoms with Crippen LogP contribution < -0.4 is 5.32 Å². The van der Waals surface area contributed by atoms with E-state index in [2.05, 4.69) is 31.2 Å². The second-order valence-electron chi connectivity index (χ2n) is 3.72.